The van der Waals surface area contributed by atoms with Gasteiger partial charge in [-0.1, -0.05) is 177 Å². The van der Waals surface area contributed by atoms with Crippen LogP contribution in [0.5, 0.6) is 0 Å². The van der Waals surface area contributed by atoms with Gasteiger partial charge in [-0.05, 0) is 114 Å². The van der Waals surface area contributed by atoms with E-state index >= 15 is 0 Å². The van der Waals surface area contributed by atoms with Gasteiger partial charge in [-0.3, -0.25) is 4.99 Å². The van der Waals surface area contributed by atoms with Gasteiger partial charge in [0, 0.05) is 33.9 Å². The van der Waals surface area contributed by atoms with Crippen molar-refractivity contribution in [2.75, 3.05) is 0 Å². The molecule has 2 atom stereocenters. The fraction of sp³-hybridized carbons (Fsp3) is 0.0678. The lowest BCUT2D eigenvalue weighted by atomic mass is 9.76. The fourth-order valence-corrected chi connectivity index (χ4v) is 10.3. The average Bonchev–Trinajstić information content (AvgIpc) is 3.67. The molecule has 0 spiro atoms. The van der Waals surface area contributed by atoms with E-state index in [-0.39, 0.29) is 11.8 Å². The van der Waals surface area contributed by atoms with Gasteiger partial charge in [0.2, 0.25) is 0 Å². The van der Waals surface area contributed by atoms with Crippen molar-refractivity contribution in [2.45, 2.75) is 19.3 Å². The summed E-state index contributed by atoms with van der Waals surface area (Å²) in [5.41, 5.74) is 11.9. The molecule has 0 radical (unpaired) electrons. The van der Waals surface area contributed by atoms with Crippen molar-refractivity contribution in [2.24, 2.45) is 10.9 Å². The Kier molecular flexibility index (Phi) is 8.31. The van der Waals surface area contributed by atoms with Gasteiger partial charge < -0.3 is 4.57 Å². The molecule has 0 fully saturated rings. The van der Waals surface area contributed by atoms with Crippen molar-refractivity contribution >= 4 is 76.3 Å². The van der Waals surface area contributed by atoms with Crippen LogP contribution < -0.4 is 0 Å². The van der Waals surface area contributed by atoms with Crippen LogP contribution in [0.2, 0.25) is 0 Å². The molecule has 0 saturated heterocycles. The molecule has 61 heavy (non-hydrogen) atoms. The number of hydrogen-bond acceptors (Lipinski definition) is 1. The maximum atomic E-state index is 5.56. The molecular formula is C59H42N2. The summed E-state index contributed by atoms with van der Waals surface area (Å²) < 4.78 is 2.42. The smallest absolute Gasteiger partial charge is 0.0672 e. The molecule has 0 aliphatic carbocycles. The number of para-hydroxylation sites is 1. The quantitative estimate of drug-likeness (QED) is 0.150. The summed E-state index contributed by atoms with van der Waals surface area (Å²) in [5, 5.41) is 12.5. The molecule has 11 aromatic rings. The molecule has 2 nitrogen and oxygen atoms in total. The third kappa shape index (κ3) is 5.74. The van der Waals surface area contributed by atoms with Crippen LogP contribution in [0.1, 0.15) is 36.0 Å². The highest BCUT2D eigenvalue weighted by molar-refractivity contribution is 6.29. The van der Waals surface area contributed by atoms with Crippen LogP contribution in [0, 0.1) is 5.92 Å². The first-order chi connectivity index (χ1) is 30.2. The van der Waals surface area contributed by atoms with E-state index in [9.17, 15) is 0 Å². The molecule has 0 bridgehead atoms. The van der Waals surface area contributed by atoms with Crippen molar-refractivity contribution < 1.29 is 0 Å². The molecule has 10 aromatic carbocycles. The van der Waals surface area contributed by atoms with Gasteiger partial charge >= 0.3 is 0 Å². The molecule has 1 aromatic heterocycles. The summed E-state index contributed by atoms with van der Waals surface area (Å²) in [4.78, 5) is 5.56. The molecule has 0 saturated carbocycles. The van der Waals surface area contributed by atoms with E-state index in [1.807, 2.05) is 0 Å². The highest BCUT2D eigenvalue weighted by Crippen LogP contribution is 2.45. The van der Waals surface area contributed by atoms with Crippen molar-refractivity contribution in [3.8, 4) is 16.8 Å². The van der Waals surface area contributed by atoms with Gasteiger partial charge in [0.25, 0.3) is 0 Å². The van der Waals surface area contributed by atoms with Gasteiger partial charge in [0.1, 0.15) is 0 Å². The number of hydrogen-bond donors (Lipinski definition) is 0. The summed E-state index contributed by atoms with van der Waals surface area (Å²) in [5.74, 6) is 0.476. The van der Waals surface area contributed by atoms with Gasteiger partial charge in [0.05, 0.1) is 22.4 Å². The summed E-state index contributed by atoms with van der Waals surface area (Å²) in [6.45, 7) is 2.30. The van der Waals surface area contributed by atoms with E-state index in [0.29, 0.717) is 0 Å². The number of benzene rings is 10. The molecule has 1 aliphatic heterocycles. The minimum atomic E-state index is 0.206. The van der Waals surface area contributed by atoms with Crippen molar-refractivity contribution in [1.29, 1.82) is 0 Å². The zero-order chi connectivity index (χ0) is 40.4. The Morgan fingerprint density at radius 3 is 1.90 bits per heavy atom. The Hall–Kier alpha value is -7.55. The number of aromatic nitrogens is 1. The normalized spacial score (nSPS) is 15.6. The minimum absolute atomic E-state index is 0.206. The van der Waals surface area contributed by atoms with Crippen molar-refractivity contribution in [3.63, 3.8) is 0 Å². The Morgan fingerprint density at radius 1 is 0.443 bits per heavy atom. The van der Waals surface area contributed by atoms with E-state index in [1.165, 1.54) is 92.8 Å². The lowest BCUT2D eigenvalue weighted by molar-refractivity contribution is 0.593. The van der Waals surface area contributed by atoms with Gasteiger partial charge in [-0.15, -0.1) is 0 Å². The maximum Gasteiger partial charge on any atom is 0.0672 e. The second kappa shape index (κ2) is 14.3. The van der Waals surface area contributed by atoms with E-state index in [4.69, 9.17) is 4.99 Å². The molecular weight excluding hydrogens is 737 g/mol. The van der Waals surface area contributed by atoms with E-state index in [0.717, 1.165) is 23.4 Å². The predicted molar refractivity (Wildman–Crippen MR) is 260 cm³/mol. The molecule has 2 unspecified atom stereocenters. The minimum Gasteiger partial charge on any atom is -0.309 e. The van der Waals surface area contributed by atoms with Gasteiger partial charge in [-0.2, -0.15) is 0 Å². The molecule has 288 valence electrons. The Bertz CT molecular complexity index is 3570. The number of nitrogens with zero attached hydrogens (tertiary/aromatic N) is 2. The number of rotatable bonds is 6. The van der Waals surface area contributed by atoms with E-state index < -0.39 is 0 Å². The summed E-state index contributed by atoms with van der Waals surface area (Å²) in [7, 11) is 0. The molecule has 0 N–H and O–H groups in total. The average molecular weight is 779 g/mol. The molecule has 2 heterocycles. The number of fused-ring (bicyclic) bond motifs is 10. The molecule has 2 heteroatoms. The second-order valence-corrected chi connectivity index (χ2v) is 16.5. The second-order valence-electron chi connectivity index (χ2n) is 16.5. The first-order valence-electron chi connectivity index (χ1n) is 21.5. The molecule has 12 rings (SSSR count). The van der Waals surface area contributed by atoms with Crippen LogP contribution in [0.25, 0.3) is 87.4 Å². The van der Waals surface area contributed by atoms with E-state index in [2.05, 4.69) is 224 Å². The molecule has 1 aliphatic rings. The zero-order valence-corrected chi connectivity index (χ0v) is 34.0. The third-order valence-electron chi connectivity index (χ3n) is 13.2. The number of aliphatic imine (C=N–C) groups is 1. The third-order valence-corrected chi connectivity index (χ3v) is 13.2. The van der Waals surface area contributed by atoms with Crippen molar-refractivity contribution in [3.05, 3.63) is 229 Å². The lowest BCUT2D eigenvalue weighted by Crippen LogP contribution is -2.25. The topological polar surface area (TPSA) is 17.3 Å². The van der Waals surface area contributed by atoms with Crippen LogP contribution in [-0.2, 0) is 0 Å². The largest absolute Gasteiger partial charge is 0.309 e. The summed E-state index contributed by atoms with van der Waals surface area (Å²) >= 11 is 0. The van der Waals surface area contributed by atoms with Crippen LogP contribution in [0.4, 0.5) is 0 Å². The fourth-order valence-electron chi connectivity index (χ4n) is 10.3. The number of allylic oxidation sites excluding steroid dienone is 1. The standard InChI is InChI=1S/C59H42N2/c1-2-45-52(39-17-5-3-6-18-39)37-55(60-59(45)40-19-7-4-8-20-40)43-29-32-49-47-22-11-12-23-48(47)51-26-15-25-46(58(51)54(49)36-43)42-30-33-57-53(35-42)50-24-13-14-27-56(50)61(57)44-31-28-38-16-9-10-21-41(38)34-44/h3-37,45,52H,2H2,1H3. The van der Waals surface area contributed by atoms with Crippen LogP contribution in [-0.4, -0.2) is 10.3 Å². The van der Waals surface area contributed by atoms with Crippen molar-refractivity contribution in [1.82, 2.24) is 4.57 Å². The maximum absolute atomic E-state index is 5.56. The zero-order valence-electron chi connectivity index (χ0n) is 34.0. The highest BCUT2D eigenvalue weighted by Gasteiger charge is 2.30. The Morgan fingerprint density at radius 2 is 1.08 bits per heavy atom. The first kappa shape index (κ1) is 35.4. The van der Waals surface area contributed by atoms with Crippen LogP contribution in [0.15, 0.2) is 217 Å². The SMILES string of the molecule is CCC1C(c2ccccc2)=NC(c2ccc3c4ccccc4c4cccc(-c5ccc6c(c5)c5ccccc5n6-c5ccc6ccccc6c5)c4c3c2)=CC1c1ccccc1. The van der Waals surface area contributed by atoms with Crippen LogP contribution in [0.3, 0.4) is 0 Å². The first-order valence-corrected chi connectivity index (χ1v) is 21.5. The van der Waals surface area contributed by atoms with E-state index in [1.54, 1.807) is 0 Å². The lowest BCUT2D eigenvalue weighted by Gasteiger charge is -2.31. The van der Waals surface area contributed by atoms with Crippen LogP contribution >= 0.6 is 0 Å². The summed E-state index contributed by atoms with van der Waals surface area (Å²) in [6, 6.07) is 75.9. The predicted octanol–water partition coefficient (Wildman–Crippen LogP) is 15.7. The van der Waals surface area contributed by atoms with Gasteiger partial charge in [0.15, 0.2) is 0 Å². The monoisotopic (exact) mass is 778 g/mol. The Labute approximate surface area is 355 Å². The highest BCUT2D eigenvalue weighted by atomic mass is 15.0. The molecule has 0 amide bonds. The Balaban J connectivity index is 1.09. The summed E-state index contributed by atoms with van der Waals surface area (Å²) in [6.07, 6.45) is 3.43. The van der Waals surface area contributed by atoms with Gasteiger partial charge in [-0.25, -0.2) is 0 Å².